The Hall–Kier alpha value is -2.08. The largest absolute Gasteiger partial charge is 0.497 e. The van der Waals surface area contributed by atoms with Crippen LogP contribution in [0.4, 0.5) is 0 Å². The first-order chi connectivity index (χ1) is 9.02. The maximum atomic E-state index is 12.2. The Morgan fingerprint density at radius 2 is 1.95 bits per heavy atom. The number of aliphatic hydroxyl groups is 1. The molecular formula is C13H15NO5. The third-order valence-electron chi connectivity index (χ3n) is 3.16. The zero-order chi connectivity index (χ0) is 14.0. The standard InChI is InChI=1S/C13H15NO5/c1-19-10-4-2-8(3-5-10)12(16)14-7-9(15)6-11(14)13(17)18/h2-5,9,11,15H,6-7H2,1H3,(H,17,18)/t9-,11-/m1/s1. The van der Waals surface area contributed by atoms with Crippen LogP contribution in [0.25, 0.3) is 0 Å². The van der Waals surface area contributed by atoms with Crippen molar-refractivity contribution >= 4 is 11.9 Å². The summed E-state index contributed by atoms with van der Waals surface area (Å²) in [6.45, 7) is 0.0435. The van der Waals surface area contributed by atoms with E-state index in [0.29, 0.717) is 11.3 Å². The van der Waals surface area contributed by atoms with Gasteiger partial charge >= 0.3 is 5.97 Å². The van der Waals surface area contributed by atoms with Crippen LogP contribution >= 0.6 is 0 Å². The molecular weight excluding hydrogens is 250 g/mol. The topological polar surface area (TPSA) is 87.1 Å². The van der Waals surface area contributed by atoms with Crippen molar-refractivity contribution in [3.8, 4) is 5.75 Å². The van der Waals surface area contributed by atoms with Gasteiger partial charge < -0.3 is 19.8 Å². The highest BCUT2D eigenvalue weighted by atomic mass is 16.5. The number of rotatable bonds is 3. The number of aliphatic hydroxyl groups excluding tert-OH is 1. The van der Waals surface area contributed by atoms with Crippen LogP contribution in [0, 0.1) is 0 Å². The summed E-state index contributed by atoms with van der Waals surface area (Å²) in [6.07, 6.45) is -0.722. The quantitative estimate of drug-likeness (QED) is 0.823. The summed E-state index contributed by atoms with van der Waals surface area (Å²) in [5.41, 5.74) is 0.376. The van der Waals surface area contributed by atoms with Crippen molar-refractivity contribution in [3.63, 3.8) is 0 Å². The highest BCUT2D eigenvalue weighted by Crippen LogP contribution is 2.22. The molecule has 6 nitrogen and oxygen atoms in total. The maximum absolute atomic E-state index is 12.2. The van der Waals surface area contributed by atoms with E-state index >= 15 is 0 Å². The molecule has 1 aliphatic heterocycles. The lowest BCUT2D eigenvalue weighted by Gasteiger charge is -2.21. The summed E-state index contributed by atoms with van der Waals surface area (Å²) >= 11 is 0. The van der Waals surface area contributed by atoms with Gasteiger partial charge in [-0.1, -0.05) is 0 Å². The smallest absolute Gasteiger partial charge is 0.326 e. The number of benzene rings is 1. The first kappa shape index (κ1) is 13.4. The highest BCUT2D eigenvalue weighted by molar-refractivity contribution is 5.97. The second-order valence-corrected chi connectivity index (χ2v) is 4.43. The normalized spacial score (nSPS) is 22.3. The second-order valence-electron chi connectivity index (χ2n) is 4.43. The average Bonchev–Trinajstić information content (AvgIpc) is 2.80. The molecule has 2 atom stereocenters. The van der Waals surface area contributed by atoms with Crippen molar-refractivity contribution in [3.05, 3.63) is 29.8 Å². The van der Waals surface area contributed by atoms with E-state index in [9.17, 15) is 14.7 Å². The van der Waals surface area contributed by atoms with E-state index in [1.165, 1.54) is 12.0 Å². The number of β-amino-alcohol motifs (C(OH)–C–C–N with tert-alkyl or cyclic N) is 1. The molecule has 19 heavy (non-hydrogen) atoms. The van der Waals surface area contributed by atoms with Crippen molar-refractivity contribution in [2.24, 2.45) is 0 Å². The number of carbonyl (C=O) groups excluding carboxylic acids is 1. The lowest BCUT2D eigenvalue weighted by atomic mass is 10.1. The van der Waals surface area contributed by atoms with Gasteiger partial charge in [-0.05, 0) is 24.3 Å². The van der Waals surface area contributed by atoms with Crippen LogP contribution in [0.5, 0.6) is 5.75 Å². The maximum Gasteiger partial charge on any atom is 0.326 e. The number of likely N-dealkylation sites (tertiary alicyclic amines) is 1. The first-order valence-electron chi connectivity index (χ1n) is 5.89. The average molecular weight is 265 g/mol. The molecule has 0 saturated carbocycles. The predicted molar refractivity (Wildman–Crippen MR) is 66.1 cm³/mol. The molecule has 1 aromatic carbocycles. The van der Waals surface area contributed by atoms with Gasteiger partial charge in [0.15, 0.2) is 0 Å². The second kappa shape index (κ2) is 5.27. The van der Waals surface area contributed by atoms with Gasteiger partial charge in [-0.2, -0.15) is 0 Å². The number of carboxylic acids is 1. The summed E-state index contributed by atoms with van der Waals surface area (Å²) in [4.78, 5) is 24.5. The van der Waals surface area contributed by atoms with Crippen LogP contribution in [-0.4, -0.2) is 52.8 Å². The van der Waals surface area contributed by atoms with Crippen molar-refractivity contribution in [2.75, 3.05) is 13.7 Å². The molecule has 6 heteroatoms. The van der Waals surface area contributed by atoms with E-state index in [0.717, 1.165) is 0 Å². The van der Waals surface area contributed by atoms with Crippen LogP contribution in [0.1, 0.15) is 16.8 Å². The van der Waals surface area contributed by atoms with Crippen molar-refractivity contribution in [1.29, 1.82) is 0 Å². The van der Waals surface area contributed by atoms with E-state index < -0.39 is 24.0 Å². The summed E-state index contributed by atoms with van der Waals surface area (Å²) < 4.78 is 4.99. The summed E-state index contributed by atoms with van der Waals surface area (Å²) in [6, 6.07) is 5.45. The minimum absolute atomic E-state index is 0.0435. The third-order valence-corrected chi connectivity index (χ3v) is 3.16. The number of ether oxygens (including phenoxy) is 1. The van der Waals surface area contributed by atoms with Crippen LogP contribution in [0.3, 0.4) is 0 Å². The summed E-state index contributed by atoms with van der Waals surface area (Å²) in [7, 11) is 1.52. The molecule has 1 aliphatic rings. The molecule has 1 aromatic rings. The van der Waals surface area contributed by atoms with Gasteiger partial charge in [0.25, 0.3) is 5.91 Å². The Balaban J connectivity index is 2.20. The van der Waals surface area contributed by atoms with Crippen LogP contribution in [0.15, 0.2) is 24.3 Å². The van der Waals surface area contributed by atoms with Gasteiger partial charge in [0, 0.05) is 18.5 Å². The number of aliphatic carboxylic acids is 1. The number of amides is 1. The Morgan fingerprint density at radius 1 is 1.32 bits per heavy atom. The summed E-state index contributed by atoms with van der Waals surface area (Å²) in [5, 5.41) is 18.6. The summed E-state index contributed by atoms with van der Waals surface area (Å²) in [5.74, 6) is -0.877. The van der Waals surface area contributed by atoms with E-state index in [2.05, 4.69) is 0 Å². The van der Waals surface area contributed by atoms with Crippen LogP contribution < -0.4 is 4.74 Å². The van der Waals surface area contributed by atoms with Crippen LogP contribution in [-0.2, 0) is 4.79 Å². The molecule has 1 amide bonds. The number of hydrogen-bond donors (Lipinski definition) is 2. The van der Waals surface area contributed by atoms with Gasteiger partial charge in [-0.3, -0.25) is 4.79 Å². The Kier molecular flexibility index (Phi) is 3.71. The molecule has 2 N–H and O–H groups in total. The minimum Gasteiger partial charge on any atom is -0.497 e. The molecule has 2 rings (SSSR count). The van der Waals surface area contributed by atoms with Gasteiger partial charge in [0.05, 0.1) is 13.2 Å². The molecule has 0 radical (unpaired) electrons. The molecule has 1 saturated heterocycles. The van der Waals surface area contributed by atoms with E-state index in [1.54, 1.807) is 24.3 Å². The van der Waals surface area contributed by atoms with Gasteiger partial charge in [0.2, 0.25) is 0 Å². The van der Waals surface area contributed by atoms with Gasteiger partial charge in [-0.15, -0.1) is 0 Å². The SMILES string of the molecule is COc1ccc(C(=O)N2C[C@H](O)C[C@@H]2C(=O)O)cc1. The first-order valence-corrected chi connectivity index (χ1v) is 5.89. The van der Waals surface area contributed by atoms with E-state index in [-0.39, 0.29) is 13.0 Å². The van der Waals surface area contributed by atoms with Crippen molar-refractivity contribution < 1.29 is 24.5 Å². The molecule has 0 unspecified atom stereocenters. The van der Waals surface area contributed by atoms with Crippen molar-refractivity contribution in [2.45, 2.75) is 18.6 Å². The minimum atomic E-state index is -1.10. The Labute approximate surface area is 110 Å². The number of hydrogen-bond acceptors (Lipinski definition) is 4. The van der Waals surface area contributed by atoms with Gasteiger partial charge in [0.1, 0.15) is 11.8 Å². The molecule has 1 heterocycles. The number of nitrogens with zero attached hydrogens (tertiary/aromatic N) is 1. The van der Waals surface area contributed by atoms with E-state index in [1.807, 2.05) is 0 Å². The van der Waals surface area contributed by atoms with Crippen LogP contribution in [0.2, 0.25) is 0 Å². The zero-order valence-corrected chi connectivity index (χ0v) is 10.4. The Bertz CT molecular complexity index is 484. The fraction of sp³-hybridized carbons (Fsp3) is 0.385. The Morgan fingerprint density at radius 3 is 2.47 bits per heavy atom. The predicted octanol–water partition coefficient (Wildman–Crippen LogP) is 0.355. The van der Waals surface area contributed by atoms with Crippen molar-refractivity contribution in [1.82, 2.24) is 4.90 Å². The lowest BCUT2D eigenvalue weighted by molar-refractivity contribution is -0.141. The molecule has 0 spiro atoms. The number of methoxy groups -OCH3 is 1. The molecule has 1 fully saturated rings. The third kappa shape index (κ3) is 2.68. The molecule has 0 bridgehead atoms. The monoisotopic (exact) mass is 265 g/mol. The number of carboxylic acid groups (broad SMARTS) is 1. The molecule has 102 valence electrons. The van der Waals surface area contributed by atoms with E-state index in [4.69, 9.17) is 9.84 Å². The number of carbonyl (C=O) groups is 2. The highest BCUT2D eigenvalue weighted by Gasteiger charge is 2.39. The lowest BCUT2D eigenvalue weighted by Crippen LogP contribution is -2.40. The zero-order valence-electron chi connectivity index (χ0n) is 10.4. The fourth-order valence-corrected chi connectivity index (χ4v) is 2.17. The van der Waals surface area contributed by atoms with Gasteiger partial charge in [-0.25, -0.2) is 4.79 Å². The fourth-order valence-electron chi connectivity index (χ4n) is 2.17. The molecule has 0 aliphatic carbocycles. The molecule has 0 aromatic heterocycles.